The van der Waals surface area contributed by atoms with Crippen LogP contribution in [0.2, 0.25) is 0 Å². The third-order valence-corrected chi connectivity index (χ3v) is 2.88. The van der Waals surface area contributed by atoms with Crippen LogP contribution in [0.15, 0.2) is 36.4 Å². The lowest BCUT2D eigenvalue weighted by atomic mass is 10.3. The highest BCUT2D eigenvalue weighted by molar-refractivity contribution is 5.52. The summed E-state index contributed by atoms with van der Waals surface area (Å²) in [5.41, 5.74) is 4.51. The Morgan fingerprint density at radius 2 is 1.27 bits per heavy atom. The molecule has 14 heteroatoms. The Morgan fingerprint density at radius 1 is 0.833 bits per heavy atom. The molecule has 6 nitrogen and oxygen atoms in total. The van der Waals surface area contributed by atoms with Gasteiger partial charge in [-0.25, -0.2) is 8.78 Å². The van der Waals surface area contributed by atoms with Crippen LogP contribution < -0.4 is 15.2 Å². The Morgan fingerprint density at radius 3 is 1.73 bits per heavy atom. The number of hydrogen-bond donors (Lipinski definition) is 1. The predicted octanol–water partition coefficient (Wildman–Crippen LogP) is 5.02. The van der Waals surface area contributed by atoms with Crippen LogP contribution in [0, 0.1) is 21.7 Å². The molecule has 2 aromatic carbocycles. The minimum atomic E-state index is -4.64. The van der Waals surface area contributed by atoms with E-state index in [-0.39, 0.29) is 11.4 Å². The molecule has 0 aromatic heterocycles. The van der Waals surface area contributed by atoms with Gasteiger partial charge in [0, 0.05) is 18.2 Å². The Labute approximate surface area is 162 Å². The highest BCUT2D eigenvalue weighted by Crippen LogP contribution is 2.29. The fourth-order valence-corrected chi connectivity index (χ4v) is 1.71. The second-order valence-corrected chi connectivity index (χ2v) is 5.36. The molecule has 0 aliphatic rings. The molecular weight excluding hydrogens is 436 g/mol. The van der Waals surface area contributed by atoms with E-state index in [1.165, 1.54) is 0 Å². The first-order valence-corrected chi connectivity index (χ1v) is 7.56. The largest absolute Gasteiger partial charge is 0.482 e. The van der Waals surface area contributed by atoms with E-state index in [4.69, 9.17) is 5.73 Å². The zero-order valence-electron chi connectivity index (χ0n) is 14.6. The number of alkyl halides is 6. The topological polar surface area (TPSA) is 87.6 Å². The number of benzene rings is 2. The first-order chi connectivity index (χ1) is 13.7. The summed E-state index contributed by atoms with van der Waals surface area (Å²) in [6.07, 6.45) is -9.10. The van der Waals surface area contributed by atoms with Crippen molar-refractivity contribution >= 4 is 11.4 Å². The summed E-state index contributed by atoms with van der Waals surface area (Å²) in [6.45, 7) is -3.20. The number of ether oxygens (including phenoxy) is 2. The van der Waals surface area contributed by atoms with Crippen LogP contribution in [0.5, 0.6) is 11.5 Å². The first kappa shape index (κ1) is 24.7. The minimum absolute atomic E-state index is 0.0318. The second-order valence-electron chi connectivity index (χ2n) is 5.36. The van der Waals surface area contributed by atoms with Crippen LogP contribution in [-0.4, -0.2) is 30.5 Å². The summed E-state index contributed by atoms with van der Waals surface area (Å²) in [6, 6.07) is 5.02. The standard InChI is InChI=1S/C8H5F4NO3.C8H7F4NO/c9-5-1-2-6(13(14)15)7(3-5)16-4-8(10,11)12;9-5-1-2-6(13)7(3-5)14-4-8(10,11)12/h1-3H,4H2;1-3H,4,13H2. The van der Waals surface area contributed by atoms with E-state index in [1.807, 2.05) is 0 Å². The van der Waals surface area contributed by atoms with E-state index in [2.05, 4.69) is 9.47 Å². The number of nitrogens with two attached hydrogens (primary N) is 1. The van der Waals surface area contributed by atoms with Gasteiger partial charge in [0.15, 0.2) is 19.0 Å². The van der Waals surface area contributed by atoms with Gasteiger partial charge in [-0.3, -0.25) is 10.1 Å². The first-order valence-electron chi connectivity index (χ1n) is 7.56. The van der Waals surface area contributed by atoms with Crippen molar-refractivity contribution < 1.29 is 49.5 Å². The number of halogens is 8. The lowest BCUT2D eigenvalue weighted by molar-refractivity contribution is -0.386. The van der Waals surface area contributed by atoms with E-state index in [0.717, 1.165) is 30.3 Å². The van der Waals surface area contributed by atoms with Crippen molar-refractivity contribution in [2.24, 2.45) is 0 Å². The summed E-state index contributed by atoms with van der Waals surface area (Å²) in [5.74, 6) is -2.66. The Kier molecular flexibility index (Phi) is 8.19. The van der Waals surface area contributed by atoms with E-state index in [0.29, 0.717) is 6.07 Å². The van der Waals surface area contributed by atoms with Gasteiger partial charge >= 0.3 is 18.0 Å². The average molecular weight is 448 g/mol. The van der Waals surface area contributed by atoms with Gasteiger partial charge in [0.05, 0.1) is 10.6 Å². The van der Waals surface area contributed by atoms with Crippen LogP contribution in [0.25, 0.3) is 0 Å². The molecule has 2 rings (SSSR count). The number of hydrogen-bond acceptors (Lipinski definition) is 5. The Bertz CT molecular complexity index is 871. The molecule has 30 heavy (non-hydrogen) atoms. The smallest absolute Gasteiger partial charge is 0.422 e. The maximum atomic E-state index is 12.6. The maximum absolute atomic E-state index is 12.6. The van der Waals surface area contributed by atoms with Gasteiger partial charge in [0.1, 0.15) is 17.4 Å². The number of nitro benzene ring substituents is 1. The van der Waals surface area contributed by atoms with Gasteiger partial charge < -0.3 is 15.2 Å². The molecule has 0 spiro atoms. The average Bonchev–Trinajstić information content (AvgIpc) is 2.60. The van der Waals surface area contributed by atoms with Crippen LogP contribution in [0.1, 0.15) is 0 Å². The van der Waals surface area contributed by atoms with Crippen LogP contribution in [-0.2, 0) is 0 Å². The van der Waals surface area contributed by atoms with Gasteiger partial charge in [0.2, 0.25) is 0 Å². The molecule has 0 heterocycles. The van der Waals surface area contributed by atoms with Crippen molar-refractivity contribution in [1.82, 2.24) is 0 Å². The SMILES string of the molecule is Nc1ccc(F)cc1OCC(F)(F)F.O=[N+]([O-])c1ccc(F)cc1OCC(F)(F)F. The van der Waals surface area contributed by atoms with Crippen LogP contribution >= 0.6 is 0 Å². The molecule has 166 valence electrons. The molecule has 0 aliphatic carbocycles. The highest BCUT2D eigenvalue weighted by atomic mass is 19.4. The molecule has 0 fully saturated rings. The quantitative estimate of drug-likeness (QED) is 0.300. The molecule has 0 saturated carbocycles. The summed E-state index contributed by atoms with van der Waals surface area (Å²) < 4.78 is 104. The van der Waals surface area contributed by atoms with Crippen molar-refractivity contribution in [3.63, 3.8) is 0 Å². The third-order valence-electron chi connectivity index (χ3n) is 2.88. The van der Waals surface area contributed by atoms with Crippen molar-refractivity contribution in [2.75, 3.05) is 18.9 Å². The monoisotopic (exact) mass is 448 g/mol. The van der Waals surface area contributed by atoms with E-state index < -0.39 is 53.6 Å². The predicted molar refractivity (Wildman–Crippen MR) is 87.0 cm³/mol. The third kappa shape index (κ3) is 9.25. The zero-order valence-corrected chi connectivity index (χ0v) is 14.6. The van der Waals surface area contributed by atoms with Crippen molar-refractivity contribution in [1.29, 1.82) is 0 Å². The molecule has 0 atom stereocenters. The molecule has 2 N–H and O–H groups in total. The molecule has 0 radical (unpaired) electrons. The number of rotatable bonds is 5. The van der Waals surface area contributed by atoms with E-state index in [1.54, 1.807) is 0 Å². The van der Waals surface area contributed by atoms with Gasteiger partial charge in [-0.2, -0.15) is 26.3 Å². The lowest BCUT2D eigenvalue weighted by Crippen LogP contribution is -2.19. The van der Waals surface area contributed by atoms with Crippen LogP contribution in [0.4, 0.5) is 46.5 Å². The maximum Gasteiger partial charge on any atom is 0.422 e. The van der Waals surface area contributed by atoms with Crippen molar-refractivity contribution in [2.45, 2.75) is 12.4 Å². The van der Waals surface area contributed by atoms with Gasteiger partial charge in [-0.05, 0) is 18.2 Å². The Balaban J connectivity index is 0.000000303. The molecular formula is C16H12F8N2O4. The van der Waals surface area contributed by atoms with Crippen molar-refractivity contribution in [3.05, 3.63) is 58.1 Å². The number of nitrogen functional groups attached to an aromatic ring is 1. The molecule has 0 amide bonds. The van der Waals surface area contributed by atoms with E-state index in [9.17, 15) is 45.2 Å². The summed E-state index contributed by atoms with van der Waals surface area (Å²) in [4.78, 5) is 9.43. The number of anilines is 1. The molecule has 0 unspecified atom stereocenters. The lowest BCUT2D eigenvalue weighted by Gasteiger charge is -2.10. The molecule has 2 aromatic rings. The fraction of sp³-hybridized carbons (Fsp3) is 0.250. The number of nitro groups is 1. The molecule has 0 aliphatic heterocycles. The number of nitrogens with zero attached hydrogens (tertiary/aromatic N) is 1. The molecule has 0 saturated heterocycles. The van der Waals surface area contributed by atoms with E-state index >= 15 is 0 Å². The molecule has 0 bridgehead atoms. The summed E-state index contributed by atoms with van der Waals surface area (Å²) >= 11 is 0. The summed E-state index contributed by atoms with van der Waals surface area (Å²) in [7, 11) is 0. The second kappa shape index (κ2) is 9.93. The van der Waals surface area contributed by atoms with Gasteiger partial charge in [-0.15, -0.1) is 0 Å². The summed E-state index contributed by atoms with van der Waals surface area (Å²) in [5, 5.41) is 10.4. The van der Waals surface area contributed by atoms with Crippen molar-refractivity contribution in [3.8, 4) is 11.5 Å². The minimum Gasteiger partial charge on any atom is -0.482 e. The van der Waals surface area contributed by atoms with Gasteiger partial charge in [0.25, 0.3) is 0 Å². The zero-order chi connectivity index (χ0) is 23.1. The van der Waals surface area contributed by atoms with Gasteiger partial charge in [-0.1, -0.05) is 0 Å². The highest BCUT2D eigenvalue weighted by Gasteiger charge is 2.30. The normalized spacial score (nSPS) is 11.3. The Hall–Kier alpha value is -3.32. The van der Waals surface area contributed by atoms with Crippen LogP contribution in [0.3, 0.4) is 0 Å². The fourth-order valence-electron chi connectivity index (χ4n) is 1.71.